The lowest BCUT2D eigenvalue weighted by Crippen LogP contribution is -2.37. The molecule has 2 bridgehead atoms. The topological polar surface area (TPSA) is 105 Å². The first-order valence-electron chi connectivity index (χ1n) is 10.8. The van der Waals surface area contributed by atoms with Crippen LogP contribution in [0.1, 0.15) is 34.7 Å². The predicted molar refractivity (Wildman–Crippen MR) is 115 cm³/mol. The molecule has 5 rings (SSSR count). The van der Waals surface area contributed by atoms with Crippen LogP contribution in [0.5, 0.6) is 11.5 Å². The molecule has 3 saturated heterocycles. The van der Waals surface area contributed by atoms with E-state index >= 15 is 0 Å². The van der Waals surface area contributed by atoms with Gasteiger partial charge in [-0.05, 0) is 49.3 Å². The number of carbonyl (C=O) groups is 2. The minimum Gasteiger partial charge on any atom is -0.497 e. The van der Waals surface area contributed by atoms with Crippen molar-refractivity contribution in [3.63, 3.8) is 0 Å². The lowest BCUT2D eigenvalue weighted by molar-refractivity contribution is -0.122. The maximum atomic E-state index is 12.8. The van der Waals surface area contributed by atoms with Gasteiger partial charge in [0.1, 0.15) is 17.3 Å². The fourth-order valence-electron chi connectivity index (χ4n) is 5.71. The van der Waals surface area contributed by atoms with Crippen molar-refractivity contribution in [1.82, 2.24) is 15.0 Å². The molecule has 172 valence electrons. The van der Waals surface area contributed by atoms with E-state index in [2.05, 4.69) is 22.2 Å². The van der Waals surface area contributed by atoms with E-state index < -0.39 is 0 Å². The van der Waals surface area contributed by atoms with Crippen LogP contribution < -0.4 is 9.47 Å². The zero-order valence-corrected chi connectivity index (χ0v) is 18.6. The van der Waals surface area contributed by atoms with E-state index in [1.54, 1.807) is 20.3 Å². The van der Waals surface area contributed by atoms with Crippen molar-refractivity contribution in [2.24, 2.45) is 11.8 Å². The summed E-state index contributed by atoms with van der Waals surface area (Å²) in [6.45, 7) is 4.09. The van der Waals surface area contributed by atoms with Crippen LogP contribution >= 0.6 is 0 Å². The molecule has 3 fully saturated rings. The number of carbonyl (C=O) groups excluding carboxylic acids is 1. The molecule has 9 nitrogen and oxygen atoms in total. The third-order valence-electron chi connectivity index (χ3n) is 6.92. The Hall–Kier alpha value is -3.07. The van der Waals surface area contributed by atoms with Gasteiger partial charge in [0.05, 0.1) is 14.2 Å². The normalized spacial score (nSPS) is 25.8. The summed E-state index contributed by atoms with van der Waals surface area (Å²) < 4.78 is 16.0. The van der Waals surface area contributed by atoms with E-state index in [0.717, 1.165) is 31.1 Å². The molecule has 1 aromatic heterocycles. The van der Waals surface area contributed by atoms with Gasteiger partial charge in [-0.2, -0.15) is 0 Å². The van der Waals surface area contributed by atoms with Gasteiger partial charge in [-0.3, -0.25) is 14.5 Å². The van der Waals surface area contributed by atoms with Gasteiger partial charge < -0.3 is 24.0 Å². The number of aromatic nitrogens is 1. The molecule has 9 heteroatoms. The number of likely N-dealkylation sites (tertiary alicyclic amines) is 1. The summed E-state index contributed by atoms with van der Waals surface area (Å²) in [6.07, 6.45) is 2.41. The standard InChI is InChI=1S/C22H27N3O4.CH2O2/c1-13-6-19(23-29-13)22(26)24-11-17-18(12-24)21-5-4-20(17)25(21)10-14-7-15(27-2)9-16(8-14)28-3;2-1-3/h6-9,17-18,20-21H,4-5,10-12H2,1-3H3;1H,(H,2,3)/t17-,18+,20-,21+;. The molecule has 0 saturated carbocycles. The van der Waals surface area contributed by atoms with Crippen molar-refractivity contribution >= 4 is 12.4 Å². The molecule has 3 aliphatic heterocycles. The number of methoxy groups -OCH3 is 2. The summed E-state index contributed by atoms with van der Waals surface area (Å²) in [5.74, 6) is 3.40. The third-order valence-corrected chi connectivity index (χ3v) is 6.92. The third kappa shape index (κ3) is 4.04. The second kappa shape index (κ2) is 9.20. The fourth-order valence-corrected chi connectivity index (χ4v) is 5.71. The summed E-state index contributed by atoms with van der Waals surface area (Å²) in [6, 6.07) is 8.88. The average Bonchev–Trinajstić information content (AvgIpc) is 3.55. The van der Waals surface area contributed by atoms with Gasteiger partial charge in [0.25, 0.3) is 12.4 Å². The van der Waals surface area contributed by atoms with Crippen LogP contribution in [-0.2, 0) is 11.3 Å². The van der Waals surface area contributed by atoms with Crippen molar-refractivity contribution in [1.29, 1.82) is 0 Å². The minimum absolute atomic E-state index is 0.000248. The molecule has 2 aromatic rings. The summed E-state index contributed by atoms with van der Waals surface area (Å²) in [5, 5.41) is 10.8. The molecule has 0 aliphatic carbocycles. The molecule has 0 spiro atoms. The summed E-state index contributed by atoms with van der Waals surface area (Å²) >= 11 is 0. The highest BCUT2D eigenvalue weighted by Gasteiger charge is 2.56. The van der Waals surface area contributed by atoms with E-state index in [0.29, 0.717) is 35.4 Å². The highest BCUT2D eigenvalue weighted by molar-refractivity contribution is 5.92. The number of hydrogen-bond donors (Lipinski definition) is 1. The van der Waals surface area contributed by atoms with Gasteiger partial charge >= 0.3 is 0 Å². The molecule has 4 atom stereocenters. The molecule has 4 heterocycles. The molecular formula is C23H29N3O6. The number of fused-ring (bicyclic) bond motifs is 5. The van der Waals surface area contributed by atoms with E-state index in [9.17, 15) is 4.79 Å². The Balaban J connectivity index is 0.000000775. The number of amides is 1. The number of aryl methyl sites for hydroxylation is 1. The quantitative estimate of drug-likeness (QED) is 0.703. The van der Waals surface area contributed by atoms with Crippen molar-refractivity contribution in [3.8, 4) is 11.5 Å². The first kappa shape index (κ1) is 22.1. The van der Waals surface area contributed by atoms with Gasteiger partial charge in [0.2, 0.25) is 0 Å². The molecular weight excluding hydrogens is 414 g/mol. The number of benzene rings is 1. The Kier molecular flexibility index (Phi) is 6.36. The maximum absolute atomic E-state index is 12.8. The Morgan fingerprint density at radius 3 is 2.16 bits per heavy atom. The second-order valence-electron chi connectivity index (χ2n) is 8.57. The van der Waals surface area contributed by atoms with Crippen molar-refractivity contribution in [2.75, 3.05) is 27.3 Å². The zero-order chi connectivity index (χ0) is 22.8. The number of nitrogens with zero attached hydrogens (tertiary/aromatic N) is 3. The van der Waals surface area contributed by atoms with E-state index in [1.165, 1.54) is 18.4 Å². The lowest BCUT2D eigenvalue weighted by Gasteiger charge is -2.27. The largest absolute Gasteiger partial charge is 0.497 e. The Morgan fingerprint density at radius 2 is 1.69 bits per heavy atom. The summed E-state index contributed by atoms with van der Waals surface area (Å²) in [5.41, 5.74) is 1.64. The van der Waals surface area contributed by atoms with Gasteiger partial charge in [0.15, 0.2) is 5.69 Å². The maximum Gasteiger partial charge on any atom is 0.290 e. The molecule has 1 N–H and O–H groups in total. The molecule has 0 radical (unpaired) electrons. The monoisotopic (exact) mass is 443 g/mol. The van der Waals surface area contributed by atoms with E-state index in [1.807, 2.05) is 17.9 Å². The smallest absolute Gasteiger partial charge is 0.290 e. The second-order valence-corrected chi connectivity index (χ2v) is 8.57. The van der Waals surface area contributed by atoms with Crippen LogP contribution in [0.25, 0.3) is 0 Å². The van der Waals surface area contributed by atoms with Crippen LogP contribution in [0, 0.1) is 18.8 Å². The summed E-state index contributed by atoms with van der Waals surface area (Å²) in [4.78, 5) is 25.8. The van der Waals surface area contributed by atoms with Crippen molar-refractivity contribution < 1.29 is 28.7 Å². The number of hydrogen-bond acceptors (Lipinski definition) is 7. The van der Waals surface area contributed by atoms with Gasteiger partial charge in [-0.1, -0.05) is 5.16 Å². The van der Waals surface area contributed by atoms with Gasteiger partial charge in [0, 0.05) is 43.9 Å². The van der Waals surface area contributed by atoms with Crippen LogP contribution in [0.4, 0.5) is 0 Å². The number of carboxylic acid groups (broad SMARTS) is 1. The van der Waals surface area contributed by atoms with Crippen LogP contribution in [0.3, 0.4) is 0 Å². The molecule has 1 amide bonds. The van der Waals surface area contributed by atoms with Gasteiger partial charge in [-0.25, -0.2) is 0 Å². The van der Waals surface area contributed by atoms with Crippen LogP contribution in [-0.4, -0.2) is 71.8 Å². The number of rotatable bonds is 5. The highest BCUT2D eigenvalue weighted by atomic mass is 16.5. The SMILES string of the molecule is COc1cc(CN2[C@@H]3CC[C@H]2[C@H]2CN(C(=O)c4cc(C)on4)C[C@H]23)cc(OC)c1.O=CO. The molecule has 0 unspecified atom stereocenters. The fraction of sp³-hybridized carbons (Fsp3) is 0.522. The molecule has 1 aromatic carbocycles. The molecule has 32 heavy (non-hydrogen) atoms. The zero-order valence-electron chi connectivity index (χ0n) is 18.6. The highest BCUT2D eigenvalue weighted by Crippen LogP contribution is 2.50. The van der Waals surface area contributed by atoms with Gasteiger partial charge in [-0.15, -0.1) is 0 Å². The van der Waals surface area contributed by atoms with E-state index in [-0.39, 0.29) is 12.4 Å². The first-order valence-corrected chi connectivity index (χ1v) is 10.8. The summed E-state index contributed by atoms with van der Waals surface area (Å²) in [7, 11) is 3.37. The van der Waals surface area contributed by atoms with Crippen molar-refractivity contribution in [2.45, 2.75) is 38.4 Å². The predicted octanol–water partition coefficient (Wildman–Crippen LogP) is 2.44. The van der Waals surface area contributed by atoms with Crippen molar-refractivity contribution in [3.05, 3.63) is 41.3 Å². The van der Waals surface area contributed by atoms with E-state index in [4.69, 9.17) is 23.9 Å². The Morgan fingerprint density at radius 1 is 1.12 bits per heavy atom. The van der Waals surface area contributed by atoms with Crippen LogP contribution in [0.15, 0.2) is 28.8 Å². The minimum atomic E-state index is -0.250. The Bertz CT molecular complexity index is 934. The number of ether oxygens (including phenoxy) is 2. The van der Waals surface area contributed by atoms with Crippen LogP contribution in [0.2, 0.25) is 0 Å². The lowest BCUT2D eigenvalue weighted by atomic mass is 9.82. The molecule has 3 aliphatic rings. The average molecular weight is 444 g/mol. The first-order chi connectivity index (χ1) is 15.5. The Labute approximate surface area is 186 Å².